The van der Waals surface area contributed by atoms with Crippen molar-refractivity contribution in [2.75, 3.05) is 6.54 Å². The van der Waals surface area contributed by atoms with E-state index in [2.05, 4.69) is 11.6 Å². The molecule has 6 nitrogen and oxygen atoms in total. The molecular weight excluding hydrogens is 268 g/mol. The smallest absolute Gasteiger partial charge is 0.322 e. The summed E-state index contributed by atoms with van der Waals surface area (Å²) in [6.45, 7) is 2.41. The van der Waals surface area contributed by atoms with E-state index >= 15 is 0 Å². The Hall–Kier alpha value is -0.660. The van der Waals surface area contributed by atoms with E-state index in [0.29, 0.717) is 18.9 Å². The Kier molecular flexibility index (Phi) is 4.47. The summed E-state index contributed by atoms with van der Waals surface area (Å²) in [6, 6.07) is -0.957. The second-order valence-corrected chi connectivity index (χ2v) is 7.35. The van der Waals surface area contributed by atoms with Crippen molar-refractivity contribution in [2.45, 2.75) is 57.5 Å². The van der Waals surface area contributed by atoms with Gasteiger partial charge in [0.25, 0.3) is 10.2 Å². The van der Waals surface area contributed by atoms with Crippen LogP contribution in [0.2, 0.25) is 0 Å². The molecule has 2 rings (SSSR count). The lowest BCUT2D eigenvalue weighted by Crippen LogP contribution is -2.53. The first-order valence-corrected chi connectivity index (χ1v) is 8.36. The van der Waals surface area contributed by atoms with Crippen molar-refractivity contribution < 1.29 is 18.3 Å². The average Bonchev–Trinajstić information content (AvgIpc) is 2.74. The number of nitrogens with one attached hydrogen (secondary N) is 1. The minimum atomic E-state index is -3.68. The van der Waals surface area contributed by atoms with Gasteiger partial charge in [-0.15, -0.1) is 0 Å². The van der Waals surface area contributed by atoms with E-state index in [1.54, 1.807) is 0 Å². The van der Waals surface area contributed by atoms with Crippen LogP contribution in [-0.2, 0) is 15.0 Å². The van der Waals surface area contributed by atoms with Crippen LogP contribution in [0.3, 0.4) is 0 Å². The number of rotatable bonds is 4. The zero-order chi connectivity index (χ0) is 14.0. The summed E-state index contributed by atoms with van der Waals surface area (Å²) in [6.07, 6.45) is 4.60. The molecule has 0 aromatic heterocycles. The molecule has 3 atom stereocenters. The molecule has 110 valence electrons. The minimum absolute atomic E-state index is 0.0450. The summed E-state index contributed by atoms with van der Waals surface area (Å²) < 4.78 is 28.4. The third-order valence-corrected chi connectivity index (χ3v) is 5.74. The van der Waals surface area contributed by atoms with Crippen LogP contribution in [0.5, 0.6) is 0 Å². The summed E-state index contributed by atoms with van der Waals surface area (Å²) >= 11 is 0. The maximum atomic E-state index is 12.3. The number of carbonyl (C=O) groups is 1. The maximum absolute atomic E-state index is 12.3. The van der Waals surface area contributed by atoms with Crippen LogP contribution in [0.15, 0.2) is 0 Å². The van der Waals surface area contributed by atoms with Gasteiger partial charge in [-0.2, -0.15) is 17.4 Å². The molecule has 19 heavy (non-hydrogen) atoms. The third-order valence-electron chi connectivity index (χ3n) is 4.06. The minimum Gasteiger partial charge on any atom is -0.480 e. The van der Waals surface area contributed by atoms with Gasteiger partial charge in [0, 0.05) is 12.6 Å². The summed E-state index contributed by atoms with van der Waals surface area (Å²) in [5.74, 6) is -0.519. The monoisotopic (exact) mass is 290 g/mol. The quantitative estimate of drug-likeness (QED) is 0.807. The average molecular weight is 290 g/mol. The highest BCUT2D eigenvalue weighted by atomic mass is 32.2. The highest BCUT2D eigenvalue weighted by Crippen LogP contribution is 2.27. The van der Waals surface area contributed by atoms with Gasteiger partial charge in [-0.25, -0.2) is 0 Å². The Morgan fingerprint density at radius 3 is 2.58 bits per heavy atom. The Labute approximate surface area is 114 Å². The second kappa shape index (κ2) is 5.76. The van der Waals surface area contributed by atoms with Crippen LogP contribution >= 0.6 is 0 Å². The molecule has 2 fully saturated rings. The van der Waals surface area contributed by atoms with Crippen LogP contribution < -0.4 is 4.72 Å². The fourth-order valence-corrected chi connectivity index (χ4v) is 4.70. The van der Waals surface area contributed by atoms with Gasteiger partial charge < -0.3 is 5.11 Å². The molecule has 3 unspecified atom stereocenters. The largest absolute Gasteiger partial charge is 0.480 e. The number of aliphatic carboxylic acids is 1. The van der Waals surface area contributed by atoms with Crippen LogP contribution in [0.1, 0.15) is 45.4 Å². The van der Waals surface area contributed by atoms with Crippen LogP contribution in [0, 0.1) is 5.92 Å². The maximum Gasteiger partial charge on any atom is 0.322 e. The van der Waals surface area contributed by atoms with Crippen molar-refractivity contribution >= 4 is 16.2 Å². The van der Waals surface area contributed by atoms with Gasteiger partial charge >= 0.3 is 5.97 Å². The summed E-state index contributed by atoms with van der Waals surface area (Å²) in [5, 5.41) is 9.14. The van der Waals surface area contributed by atoms with Gasteiger partial charge in [-0.05, 0) is 44.4 Å². The summed E-state index contributed by atoms with van der Waals surface area (Å²) in [5.41, 5.74) is 0. The lowest BCUT2D eigenvalue weighted by atomic mass is 10.1. The molecule has 1 heterocycles. The molecular formula is C12H22N2O4S. The first kappa shape index (κ1) is 14.7. The van der Waals surface area contributed by atoms with Crippen molar-refractivity contribution in [1.82, 2.24) is 9.03 Å². The van der Waals surface area contributed by atoms with Crippen LogP contribution in [-0.4, -0.2) is 42.4 Å². The molecule has 1 aliphatic heterocycles. The molecule has 0 aromatic carbocycles. The van der Waals surface area contributed by atoms with Crippen molar-refractivity contribution in [3.8, 4) is 0 Å². The van der Waals surface area contributed by atoms with E-state index in [9.17, 15) is 13.2 Å². The Morgan fingerprint density at radius 1 is 1.26 bits per heavy atom. The molecule has 2 N–H and O–H groups in total. The molecule has 0 amide bonds. The van der Waals surface area contributed by atoms with Gasteiger partial charge in [0.2, 0.25) is 0 Å². The molecule has 1 saturated carbocycles. The lowest BCUT2D eigenvalue weighted by molar-refractivity contribution is -0.142. The number of nitrogens with zero attached hydrogens (tertiary/aromatic N) is 1. The zero-order valence-corrected chi connectivity index (χ0v) is 12.0. The Balaban J connectivity index is 2.06. The zero-order valence-electron chi connectivity index (χ0n) is 11.2. The highest BCUT2D eigenvalue weighted by molar-refractivity contribution is 7.87. The SMILES string of the molecule is CC1CCC(NS(=O)(=O)N2CCCCC2C(=O)O)C1. The molecule has 0 spiro atoms. The van der Waals surface area contributed by atoms with Crippen LogP contribution in [0.25, 0.3) is 0 Å². The molecule has 0 bridgehead atoms. The Bertz CT molecular complexity index is 437. The standard InChI is InChI=1S/C12H22N2O4S/c1-9-5-6-10(8-9)13-19(17,18)14-7-3-2-4-11(14)12(15)16/h9-11,13H,2-8H2,1H3,(H,15,16). The van der Waals surface area contributed by atoms with Crippen molar-refractivity contribution in [3.63, 3.8) is 0 Å². The van der Waals surface area contributed by atoms with Crippen molar-refractivity contribution in [2.24, 2.45) is 5.92 Å². The van der Waals surface area contributed by atoms with E-state index in [1.807, 2.05) is 0 Å². The first-order chi connectivity index (χ1) is 8.90. The number of piperidine rings is 1. The lowest BCUT2D eigenvalue weighted by Gasteiger charge is -2.32. The fraction of sp³-hybridized carbons (Fsp3) is 0.917. The highest BCUT2D eigenvalue weighted by Gasteiger charge is 2.38. The molecule has 0 aromatic rings. The van der Waals surface area contributed by atoms with Gasteiger partial charge in [0.1, 0.15) is 6.04 Å². The van der Waals surface area contributed by atoms with E-state index in [-0.39, 0.29) is 6.04 Å². The van der Waals surface area contributed by atoms with Gasteiger partial charge in [0.15, 0.2) is 0 Å². The number of hydrogen-bond acceptors (Lipinski definition) is 3. The van der Waals surface area contributed by atoms with E-state index < -0.39 is 22.2 Å². The van der Waals surface area contributed by atoms with Crippen molar-refractivity contribution in [3.05, 3.63) is 0 Å². The second-order valence-electron chi connectivity index (χ2n) is 5.70. The number of carboxylic acids is 1. The number of hydrogen-bond donors (Lipinski definition) is 2. The van der Waals surface area contributed by atoms with Gasteiger partial charge in [-0.1, -0.05) is 6.92 Å². The van der Waals surface area contributed by atoms with Crippen LogP contribution in [0.4, 0.5) is 0 Å². The molecule has 7 heteroatoms. The van der Waals surface area contributed by atoms with Gasteiger partial charge in [0.05, 0.1) is 0 Å². The van der Waals surface area contributed by atoms with E-state index in [1.165, 1.54) is 0 Å². The predicted octanol–water partition coefficient (Wildman–Crippen LogP) is 0.948. The topological polar surface area (TPSA) is 86.7 Å². The number of carboxylic acid groups (broad SMARTS) is 1. The predicted molar refractivity (Wildman–Crippen MR) is 70.8 cm³/mol. The first-order valence-electron chi connectivity index (χ1n) is 6.92. The molecule has 2 aliphatic rings. The third kappa shape index (κ3) is 3.46. The van der Waals surface area contributed by atoms with Crippen molar-refractivity contribution in [1.29, 1.82) is 0 Å². The Morgan fingerprint density at radius 2 is 2.00 bits per heavy atom. The van der Waals surface area contributed by atoms with E-state index in [4.69, 9.17) is 5.11 Å². The molecule has 0 radical (unpaired) electrons. The summed E-state index contributed by atoms with van der Waals surface area (Å²) in [7, 11) is -3.68. The normalized spacial score (nSPS) is 33.4. The van der Waals surface area contributed by atoms with E-state index in [0.717, 1.165) is 36.4 Å². The fourth-order valence-electron chi connectivity index (χ4n) is 3.03. The van der Waals surface area contributed by atoms with Gasteiger partial charge in [-0.3, -0.25) is 4.79 Å². The summed E-state index contributed by atoms with van der Waals surface area (Å²) in [4.78, 5) is 11.2. The molecule has 1 aliphatic carbocycles. The molecule has 1 saturated heterocycles.